The quantitative estimate of drug-likeness (QED) is 0.391. The number of amides is 1. The van der Waals surface area contributed by atoms with E-state index in [1.165, 1.54) is 6.07 Å². The second kappa shape index (κ2) is 11.2. The molecule has 0 spiro atoms. The molecular formula is C30H34F2N2O2. The first-order valence-electron chi connectivity index (χ1n) is 12.5. The zero-order chi connectivity index (χ0) is 25.7. The molecule has 3 aromatic carbocycles. The lowest BCUT2D eigenvalue weighted by Crippen LogP contribution is -2.53. The van der Waals surface area contributed by atoms with Gasteiger partial charge < -0.3 is 10.1 Å². The van der Waals surface area contributed by atoms with Crippen molar-refractivity contribution in [1.29, 1.82) is 0 Å². The number of hydrogen-bond donors (Lipinski definition) is 1. The Kier molecular flexibility index (Phi) is 8.04. The number of hydrogen-bond acceptors (Lipinski definition) is 3. The van der Waals surface area contributed by atoms with Gasteiger partial charge >= 0.3 is 0 Å². The molecule has 4 nitrogen and oxygen atoms in total. The van der Waals surface area contributed by atoms with Crippen LogP contribution in [0.2, 0.25) is 0 Å². The Morgan fingerprint density at radius 3 is 2.47 bits per heavy atom. The van der Waals surface area contributed by atoms with Crippen LogP contribution >= 0.6 is 0 Å². The summed E-state index contributed by atoms with van der Waals surface area (Å²) >= 11 is 0. The van der Waals surface area contributed by atoms with Crippen molar-refractivity contribution >= 4 is 5.91 Å². The Morgan fingerprint density at radius 1 is 1.00 bits per heavy atom. The van der Waals surface area contributed by atoms with Crippen molar-refractivity contribution in [1.82, 2.24) is 10.2 Å². The first kappa shape index (κ1) is 25.8. The van der Waals surface area contributed by atoms with Gasteiger partial charge in [0, 0.05) is 5.54 Å². The summed E-state index contributed by atoms with van der Waals surface area (Å²) < 4.78 is 33.8. The fourth-order valence-corrected chi connectivity index (χ4v) is 4.91. The third-order valence-corrected chi connectivity index (χ3v) is 7.13. The van der Waals surface area contributed by atoms with E-state index in [-0.39, 0.29) is 12.3 Å². The van der Waals surface area contributed by atoms with E-state index in [1.54, 1.807) is 6.07 Å². The van der Waals surface area contributed by atoms with Crippen molar-refractivity contribution in [2.24, 2.45) is 0 Å². The highest BCUT2D eigenvalue weighted by Crippen LogP contribution is 2.34. The Balaban J connectivity index is 1.48. The van der Waals surface area contributed by atoms with E-state index in [9.17, 15) is 13.6 Å². The molecule has 1 atom stereocenters. The van der Waals surface area contributed by atoms with Gasteiger partial charge in [0.1, 0.15) is 12.4 Å². The topological polar surface area (TPSA) is 41.6 Å². The highest BCUT2D eigenvalue weighted by Gasteiger charge is 2.39. The number of halogens is 2. The lowest BCUT2D eigenvalue weighted by Gasteiger charge is -2.42. The lowest BCUT2D eigenvalue weighted by molar-refractivity contribution is -0.122. The standard InChI is InChI=1S/C30H34F2N2O2/c1-21-9-4-5-11-24(21)20-36-25-12-8-10-22(17-25)18-28(35)33-29(23-13-14-26(31)27(32)19-23)30(2,3)34-15-6-7-16-34/h4-5,8-14,17,19,29H,6-7,15-16,18,20H2,1-3H3,(H,33,35). The molecule has 1 aliphatic rings. The van der Waals surface area contributed by atoms with Crippen LogP contribution in [0.15, 0.2) is 66.7 Å². The molecule has 1 heterocycles. The van der Waals surface area contributed by atoms with E-state index in [2.05, 4.69) is 10.2 Å². The van der Waals surface area contributed by atoms with Crippen LogP contribution in [0.25, 0.3) is 0 Å². The van der Waals surface area contributed by atoms with Crippen LogP contribution in [-0.4, -0.2) is 29.4 Å². The maximum atomic E-state index is 14.1. The zero-order valence-corrected chi connectivity index (χ0v) is 21.2. The van der Waals surface area contributed by atoms with Crippen molar-refractivity contribution in [3.63, 3.8) is 0 Å². The van der Waals surface area contributed by atoms with E-state index in [0.717, 1.165) is 48.7 Å². The zero-order valence-electron chi connectivity index (χ0n) is 21.2. The molecule has 190 valence electrons. The third kappa shape index (κ3) is 6.11. The smallest absolute Gasteiger partial charge is 0.224 e. The van der Waals surface area contributed by atoms with Gasteiger partial charge in [0.2, 0.25) is 5.91 Å². The number of aryl methyl sites for hydroxylation is 1. The summed E-state index contributed by atoms with van der Waals surface area (Å²) in [5, 5.41) is 3.12. The molecule has 0 radical (unpaired) electrons. The predicted octanol–water partition coefficient (Wildman–Crippen LogP) is 6.13. The van der Waals surface area contributed by atoms with Gasteiger partial charge in [-0.05, 0) is 93.2 Å². The number of likely N-dealkylation sites (tertiary alicyclic amines) is 1. The van der Waals surface area contributed by atoms with E-state index in [4.69, 9.17) is 4.74 Å². The molecule has 1 amide bonds. The second-order valence-corrected chi connectivity index (χ2v) is 10.1. The average molecular weight is 493 g/mol. The summed E-state index contributed by atoms with van der Waals surface area (Å²) in [5.41, 5.74) is 3.16. The average Bonchev–Trinajstić information content (AvgIpc) is 3.40. The van der Waals surface area contributed by atoms with E-state index >= 15 is 0 Å². The Labute approximate surface area is 212 Å². The van der Waals surface area contributed by atoms with Crippen LogP contribution in [0.5, 0.6) is 5.75 Å². The van der Waals surface area contributed by atoms with Gasteiger partial charge in [0.05, 0.1) is 12.5 Å². The van der Waals surface area contributed by atoms with Crippen LogP contribution in [0.3, 0.4) is 0 Å². The summed E-state index contributed by atoms with van der Waals surface area (Å²) in [5.74, 6) is -1.31. The van der Waals surface area contributed by atoms with Crippen molar-refractivity contribution in [2.45, 2.75) is 58.2 Å². The maximum Gasteiger partial charge on any atom is 0.224 e. The second-order valence-electron chi connectivity index (χ2n) is 10.1. The van der Waals surface area contributed by atoms with E-state index in [0.29, 0.717) is 17.9 Å². The van der Waals surface area contributed by atoms with Crippen LogP contribution in [-0.2, 0) is 17.8 Å². The largest absolute Gasteiger partial charge is 0.489 e. The Morgan fingerprint density at radius 2 is 1.75 bits per heavy atom. The van der Waals surface area contributed by atoms with Gasteiger partial charge in [-0.2, -0.15) is 0 Å². The molecule has 3 aromatic rings. The summed E-state index contributed by atoms with van der Waals surface area (Å²) in [4.78, 5) is 15.5. The first-order chi connectivity index (χ1) is 17.2. The predicted molar refractivity (Wildman–Crippen MR) is 138 cm³/mol. The van der Waals surface area contributed by atoms with Gasteiger partial charge in [-0.25, -0.2) is 8.78 Å². The molecule has 0 aromatic heterocycles. The van der Waals surface area contributed by atoms with Crippen molar-refractivity contribution in [3.05, 3.63) is 101 Å². The third-order valence-electron chi connectivity index (χ3n) is 7.13. The molecular weight excluding hydrogens is 458 g/mol. The van der Waals surface area contributed by atoms with E-state index < -0.39 is 23.2 Å². The normalized spacial score (nSPS) is 15.0. The molecule has 1 saturated heterocycles. The number of ether oxygens (including phenoxy) is 1. The van der Waals surface area contributed by atoms with Crippen molar-refractivity contribution < 1.29 is 18.3 Å². The molecule has 4 rings (SSSR count). The van der Waals surface area contributed by atoms with Crippen LogP contribution in [0, 0.1) is 18.6 Å². The molecule has 6 heteroatoms. The molecule has 36 heavy (non-hydrogen) atoms. The number of carbonyl (C=O) groups is 1. The van der Waals surface area contributed by atoms with Gasteiger partial charge in [-0.15, -0.1) is 0 Å². The minimum Gasteiger partial charge on any atom is -0.489 e. The minimum absolute atomic E-state index is 0.151. The van der Waals surface area contributed by atoms with Gasteiger partial charge in [0.15, 0.2) is 11.6 Å². The van der Waals surface area contributed by atoms with Crippen LogP contribution in [0.1, 0.15) is 55.0 Å². The number of carbonyl (C=O) groups excluding carboxylic acids is 1. The fourth-order valence-electron chi connectivity index (χ4n) is 4.91. The molecule has 1 N–H and O–H groups in total. The van der Waals surface area contributed by atoms with Crippen LogP contribution in [0.4, 0.5) is 8.78 Å². The highest BCUT2D eigenvalue weighted by molar-refractivity contribution is 5.79. The van der Waals surface area contributed by atoms with Gasteiger partial charge in [-0.1, -0.05) is 42.5 Å². The summed E-state index contributed by atoms with van der Waals surface area (Å²) in [7, 11) is 0. The van der Waals surface area contributed by atoms with E-state index in [1.807, 2.05) is 69.3 Å². The molecule has 0 saturated carbocycles. The van der Waals surface area contributed by atoms with Crippen molar-refractivity contribution in [3.8, 4) is 5.75 Å². The van der Waals surface area contributed by atoms with Gasteiger partial charge in [-0.3, -0.25) is 9.69 Å². The molecule has 1 fully saturated rings. The lowest BCUT2D eigenvalue weighted by atomic mass is 9.86. The molecule has 0 aliphatic carbocycles. The maximum absolute atomic E-state index is 14.1. The monoisotopic (exact) mass is 492 g/mol. The first-order valence-corrected chi connectivity index (χ1v) is 12.5. The number of rotatable bonds is 9. The Hall–Kier alpha value is -3.25. The molecule has 1 unspecified atom stereocenters. The summed E-state index contributed by atoms with van der Waals surface area (Å²) in [6.45, 7) is 8.40. The fraction of sp³-hybridized carbons (Fsp3) is 0.367. The van der Waals surface area contributed by atoms with Crippen molar-refractivity contribution in [2.75, 3.05) is 13.1 Å². The SMILES string of the molecule is Cc1ccccc1COc1cccc(CC(=O)NC(c2ccc(F)c(F)c2)C(C)(C)N2CCCC2)c1. The Bertz CT molecular complexity index is 1210. The minimum atomic E-state index is -0.914. The summed E-state index contributed by atoms with van der Waals surface area (Å²) in [6.07, 6.45) is 2.31. The number of benzene rings is 3. The molecule has 1 aliphatic heterocycles. The molecule has 0 bridgehead atoms. The highest BCUT2D eigenvalue weighted by atomic mass is 19.2. The van der Waals surface area contributed by atoms with Gasteiger partial charge in [0.25, 0.3) is 0 Å². The summed E-state index contributed by atoms with van der Waals surface area (Å²) in [6, 6.07) is 18.9. The van der Waals surface area contributed by atoms with Crippen LogP contribution < -0.4 is 10.1 Å². The number of nitrogens with zero attached hydrogens (tertiary/aromatic N) is 1. The number of nitrogens with one attached hydrogen (secondary N) is 1.